The van der Waals surface area contributed by atoms with E-state index in [1.807, 2.05) is 0 Å². The number of carbonyl (C=O) groups excluding carboxylic acids is 1. The Morgan fingerprint density at radius 1 is 1.17 bits per heavy atom. The van der Waals surface area contributed by atoms with Gasteiger partial charge in [-0.05, 0) is 30.0 Å². The fourth-order valence-corrected chi connectivity index (χ4v) is 1.93. The molecule has 2 N–H and O–H groups in total. The number of alkyl halides is 4. The zero-order valence-electron chi connectivity index (χ0n) is 12.5. The third-order valence-corrected chi connectivity index (χ3v) is 3.08. The summed E-state index contributed by atoms with van der Waals surface area (Å²) in [6.07, 6.45) is -6.69. The van der Waals surface area contributed by atoms with Crippen LogP contribution in [0.1, 0.15) is 37.6 Å². The Balaban J connectivity index is 2.81. The fraction of sp³-hybridized carbons (Fsp3) is 0.467. The van der Waals surface area contributed by atoms with Crippen LogP contribution >= 0.6 is 0 Å². The molecule has 8 heteroatoms. The van der Waals surface area contributed by atoms with Gasteiger partial charge in [-0.15, -0.1) is 0 Å². The number of rotatable bonds is 6. The highest BCUT2D eigenvalue weighted by Gasteiger charge is 2.31. The molecule has 1 aromatic rings. The van der Waals surface area contributed by atoms with Crippen molar-refractivity contribution in [1.82, 2.24) is 5.32 Å². The van der Waals surface area contributed by atoms with Gasteiger partial charge in [0.2, 0.25) is 6.17 Å². The molecule has 1 aromatic carbocycles. The Labute approximate surface area is 130 Å². The normalized spacial score (nSPS) is 14.4. The average molecular weight is 335 g/mol. The van der Waals surface area contributed by atoms with Crippen LogP contribution in [0.5, 0.6) is 0 Å². The standard InChI is InChI=1S/C15H17F4NO3/c1-8(2)7-11(14(22)23)20-13(21)12(16)9-3-5-10(6-4-9)15(17,18)19/h3-6,8,11-12H,7H2,1-2H3,(H,20,21)(H,22,23)/t11-,12?/m0/s1. The number of carboxylic acid groups (broad SMARTS) is 1. The van der Waals surface area contributed by atoms with Crippen molar-refractivity contribution in [3.05, 3.63) is 35.4 Å². The third kappa shape index (κ3) is 5.54. The number of aliphatic carboxylic acids is 1. The van der Waals surface area contributed by atoms with Crippen LogP contribution in [0.4, 0.5) is 17.6 Å². The van der Waals surface area contributed by atoms with E-state index in [4.69, 9.17) is 5.11 Å². The lowest BCUT2D eigenvalue weighted by Crippen LogP contribution is -2.43. The van der Waals surface area contributed by atoms with Gasteiger partial charge < -0.3 is 10.4 Å². The first kappa shape index (κ1) is 18.9. The van der Waals surface area contributed by atoms with E-state index in [-0.39, 0.29) is 17.9 Å². The van der Waals surface area contributed by atoms with Crippen LogP contribution in [0.15, 0.2) is 24.3 Å². The molecule has 1 amide bonds. The lowest BCUT2D eigenvalue weighted by molar-refractivity contribution is -0.143. The maximum Gasteiger partial charge on any atom is 0.416 e. The van der Waals surface area contributed by atoms with Gasteiger partial charge in [-0.3, -0.25) is 4.79 Å². The monoisotopic (exact) mass is 335 g/mol. The zero-order valence-corrected chi connectivity index (χ0v) is 12.5. The summed E-state index contributed by atoms with van der Waals surface area (Å²) in [4.78, 5) is 22.8. The van der Waals surface area contributed by atoms with Gasteiger partial charge >= 0.3 is 12.1 Å². The van der Waals surface area contributed by atoms with Crippen molar-refractivity contribution in [2.24, 2.45) is 5.92 Å². The van der Waals surface area contributed by atoms with Crippen LogP contribution in [-0.2, 0) is 15.8 Å². The van der Waals surface area contributed by atoms with Crippen molar-refractivity contribution >= 4 is 11.9 Å². The molecule has 0 saturated carbocycles. The van der Waals surface area contributed by atoms with Crippen LogP contribution in [0.25, 0.3) is 0 Å². The zero-order chi connectivity index (χ0) is 17.8. The summed E-state index contributed by atoms with van der Waals surface area (Å²) in [5, 5.41) is 11.0. The highest BCUT2D eigenvalue weighted by atomic mass is 19.4. The number of amides is 1. The van der Waals surface area contributed by atoms with E-state index in [1.54, 1.807) is 13.8 Å². The molecule has 0 aromatic heterocycles. The summed E-state index contributed by atoms with van der Waals surface area (Å²) >= 11 is 0. The minimum absolute atomic E-state index is 0.0412. The molecule has 128 valence electrons. The molecule has 0 bridgehead atoms. The molecule has 1 rings (SSSR count). The van der Waals surface area contributed by atoms with Gasteiger partial charge in [-0.25, -0.2) is 9.18 Å². The number of hydrogen-bond donors (Lipinski definition) is 2. The van der Waals surface area contributed by atoms with E-state index in [9.17, 15) is 27.2 Å². The van der Waals surface area contributed by atoms with Crippen molar-refractivity contribution in [3.8, 4) is 0 Å². The van der Waals surface area contributed by atoms with E-state index in [2.05, 4.69) is 5.32 Å². The molecule has 23 heavy (non-hydrogen) atoms. The summed E-state index contributed by atoms with van der Waals surface area (Å²) in [6.45, 7) is 3.48. The molecule has 0 heterocycles. The third-order valence-electron chi connectivity index (χ3n) is 3.08. The second-order valence-electron chi connectivity index (χ2n) is 5.51. The Kier molecular flexibility index (Phi) is 6.12. The summed E-state index contributed by atoms with van der Waals surface area (Å²) in [7, 11) is 0. The second-order valence-corrected chi connectivity index (χ2v) is 5.51. The predicted molar refractivity (Wildman–Crippen MR) is 74.3 cm³/mol. The lowest BCUT2D eigenvalue weighted by atomic mass is 10.0. The number of hydrogen-bond acceptors (Lipinski definition) is 2. The van der Waals surface area contributed by atoms with Crippen molar-refractivity contribution in [2.45, 2.75) is 38.7 Å². The van der Waals surface area contributed by atoms with Crippen molar-refractivity contribution in [1.29, 1.82) is 0 Å². The molecule has 4 nitrogen and oxygen atoms in total. The predicted octanol–water partition coefficient (Wildman–Crippen LogP) is 3.33. The molecule has 0 spiro atoms. The minimum Gasteiger partial charge on any atom is -0.480 e. The van der Waals surface area contributed by atoms with E-state index in [0.29, 0.717) is 12.1 Å². The first-order chi connectivity index (χ1) is 10.5. The quantitative estimate of drug-likeness (QED) is 0.784. The van der Waals surface area contributed by atoms with Gasteiger partial charge in [0.1, 0.15) is 6.04 Å². The number of halogens is 4. The van der Waals surface area contributed by atoms with Gasteiger partial charge in [0.05, 0.1) is 5.56 Å². The van der Waals surface area contributed by atoms with E-state index in [1.165, 1.54) is 0 Å². The molecule has 0 saturated heterocycles. The number of benzene rings is 1. The van der Waals surface area contributed by atoms with Gasteiger partial charge in [0, 0.05) is 0 Å². The van der Waals surface area contributed by atoms with Gasteiger partial charge in [0.25, 0.3) is 5.91 Å². The van der Waals surface area contributed by atoms with Crippen LogP contribution in [-0.4, -0.2) is 23.0 Å². The SMILES string of the molecule is CC(C)C[C@H](NC(=O)C(F)c1ccc(C(F)(F)F)cc1)C(=O)O. The smallest absolute Gasteiger partial charge is 0.416 e. The fourth-order valence-electron chi connectivity index (χ4n) is 1.93. The lowest BCUT2D eigenvalue weighted by Gasteiger charge is -2.18. The van der Waals surface area contributed by atoms with E-state index >= 15 is 0 Å². The molecule has 0 aliphatic carbocycles. The van der Waals surface area contributed by atoms with Crippen LogP contribution in [0, 0.1) is 5.92 Å². The van der Waals surface area contributed by atoms with E-state index in [0.717, 1.165) is 12.1 Å². The maximum absolute atomic E-state index is 14.0. The Bertz CT molecular complexity index is 555. The molecule has 0 aliphatic rings. The molecule has 0 fully saturated rings. The highest BCUT2D eigenvalue weighted by Crippen LogP contribution is 2.30. The summed E-state index contributed by atoms with van der Waals surface area (Å²) in [5.41, 5.74) is -1.23. The van der Waals surface area contributed by atoms with E-state index < -0.39 is 35.8 Å². The summed E-state index contributed by atoms with van der Waals surface area (Å²) < 4.78 is 51.3. The average Bonchev–Trinajstić information content (AvgIpc) is 2.44. The van der Waals surface area contributed by atoms with Gasteiger partial charge in [-0.1, -0.05) is 26.0 Å². The van der Waals surface area contributed by atoms with Gasteiger partial charge in [0.15, 0.2) is 0 Å². The van der Waals surface area contributed by atoms with Crippen LogP contribution in [0.2, 0.25) is 0 Å². The first-order valence-corrected chi connectivity index (χ1v) is 6.86. The Hall–Kier alpha value is -2.12. The summed E-state index contributed by atoms with van der Waals surface area (Å²) in [6, 6.07) is 1.78. The van der Waals surface area contributed by atoms with Crippen molar-refractivity contribution < 1.29 is 32.3 Å². The van der Waals surface area contributed by atoms with Gasteiger partial charge in [-0.2, -0.15) is 13.2 Å². The maximum atomic E-state index is 14.0. The van der Waals surface area contributed by atoms with Crippen LogP contribution in [0.3, 0.4) is 0 Å². The Morgan fingerprint density at radius 2 is 1.70 bits per heavy atom. The van der Waals surface area contributed by atoms with Crippen molar-refractivity contribution in [3.63, 3.8) is 0 Å². The summed E-state index contributed by atoms with van der Waals surface area (Å²) in [5.74, 6) is -2.54. The van der Waals surface area contributed by atoms with Crippen LogP contribution < -0.4 is 5.32 Å². The molecule has 1 unspecified atom stereocenters. The number of carbonyl (C=O) groups is 2. The molecule has 2 atom stereocenters. The highest BCUT2D eigenvalue weighted by molar-refractivity contribution is 5.87. The number of nitrogens with one attached hydrogen (secondary N) is 1. The second kappa shape index (κ2) is 7.43. The first-order valence-electron chi connectivity index (χ1n) is 6.86. The topological polar surface area (TPSA) is 66.4 Å². The number of carboxylic acids is 1. The molecule has 0 aliphatic heterocycles. The minimum atomic E-state index is -4.56. The largest absolute Gasteiger partial charge is 0.480 e. The molecule has 0 radical (unpaired) electrons. The molecular weight excluding hydrogens is 318 g/mol. The van der Waals surface area contributed by atoms with Crippen molar-refractivity contribution in [2.75, 3.05) is 0 Å². The Morgan fingerprint density at radius 3 is 2.09 bits per heavy atom. The molecular formula is C15H17F4NO3.